The molecule has 0 spiro atoms. The molecule has 1 aromatic heterocycles. The standard InChI is InChI=1S/C14H21N5O/c1-14(2,3)8-9-19-13(16-17-18-19)12-10(15)6-5-7-11(12)20-4/h5-7H,8-9,15H2,1-4H3. The fourth-order valence-corrected chi connectivity index (χ4v) is 1.93. The fourth-order valence-electron chi connectivity index (χ4n) is 1.93. The molecule has 1 aromatic carbocycles. The highest BCUT2D eigenvalue weighted by Crippen LogP contribution is 2.33. The van der Waals surface area contributed by atoms with Crippen molar-refractivity contribution in [3.8, 4) is 17.1 Å². The van der Waals surface area contributed by atoms with Crippen molar-refractivity contribution in [3.63, 3.8) is 0 Å². The minimum atomic E-state index is 0.218. The molecule has 0 radical (unpaired) electrons. The van der Waals surface area contributed by atoms with Crippen LogP contribution in [0.2, 0.25) is 0 Å². The van der Waals surface area contributed by atoms with Crippen LogP contribution in [0.1, 0.15) is 27.2 Å². The molecule has 0 fully saturated rings. The number of aryl methyl sites for hydroxylation is 1. The van der Waals surface area contributed by atoms with E-state index in [-0.39, 0.29) is 5.41 Å². The number of nitrogen functional groups attached to an aromatic ring is 1. The number of ether oxygens (including phenoxy) is 1. The van der Waals surface area contributed by atoms with Crippen LogP contribution in [0.4, 0.5) is 5.69 Å². The molecular formula is C14H21N5O. The highest BCUT2D eigenvalue weighted by molar-refractivity contribution is 5.77. The second-order valence-electron chi connectivity index (χ2n) is 5.96. The van der Waals surface area contributed by atoms with Gasteiger partial charge in [0.1, 0.15) is 5.75 Å². The van der Waals surface area contributed by atoms with Crippen molar-refractivity contribution in [2.24, 2.45) is 5.41 Å². The highest BCUT2D eigenvalue weighted by atomic mass is 16.5. The van der Waals surface area contributed by atoms with Crippen molar-refractivity contribution in [1.82, 2.24) is 20.2 Å². The Kier molecular flexibility index (Phi) is 3.92. The van der Waals surface area contributed by atoms with Crippen LogP contribution >= 0.6 is 0 Å². The van der Waals surface area contributed by atoms with Crippen LogP contribution in [0.15, 0.2) is 18.2 Å². The number of tetrazole rings is 1. The first-order valence-electron chi connectivity index (χ1n) is 6.61. The molecule has 1 heterocycles. The number of nitrogens with zero attached hydrogens (tertiary/aromatic N) is 4. The molecule has 0 saturated carbocycles. The van der Waals surface area contributed by atoms with Crippen LogP contribution in [0.25, 0.3) is 11.4 Å². The van der Waals surface area contributed by atoms with Crippen molar-refractivity contribution in [3.05, 3.63) is 18.2 Å². The number of rotatable bonds is 4. The Morgan fingerprint density at radius 2 is 2.05 bits per heavy atom. The van der Waals surface area contributed by atoms with Crippen molar-refractivity contribution < 1.29 is 4.74 Å². The van der Waals surface area contributed by atoms with E-state index >= 15 is 0 Å². The van der Waals surface area contributed by atoms with E-state index in [1.807, 2.05) is 18.2 Å². The van der Waals surface area contributed by atoms with Gasteiger partial charge in [-0.1, -0.05) is 26.8 Å². The summed E-state index contributed by atoms with van der Waals surface area (Å²) in [4.78, 5) is 0. The maximum absolute atomic E-state index is 6.05. The summed E-state index contributed by atoms with van der Waals surface area (Å²) in [7, 11) is 1.61. The summed E-state index contributed by atoms with van der Waals surface area (Å²) < 4.78 is 7.14. The lowest BCUT2D eigenvalue weighted by Crippen LogP contribution is -2.12. The summed E-state index contributed by atoms with van der Waals surface area (Å²) >= 11 is 0. The minimum absolute atomic E-state index is 0.218. The van der Waals surface area contributed by atoms with Gasteiger partial charge in [0.2, 0.25) is 0 Å². The zero-order valence-corrected chi connectivity index (χ0v) is 12.4. The van der Waals surface area contributed by atoms with Gasteiger partial charge < -0.3 is 10.5 Å². The second-order valence-corrected chi connectivity index (χ2v) is 5.96. The van der Waals surface area contributed by atoms with Crippen molar-refractivity contribution >= 4 is 5.69 Å². The Hall–Kier alpha value is -2.11. The largest absolute Gasteiger partial charge is 0.496 e. The van der Waals surface area contributed by atoms with Crippen LogP contribution in [0.3, 0.4) is 0 Å². The second kappa shape index (κ2) is 5.48. The maximum Gasteiger partial charge on any atom is 0.187 e. The zero-order valence-electron chi connectivity index (χ0n) is 12.4. The third kappa shape index (κ3) is 3.07. The first-order chi connectivity index (χ1) is 9.42. The fraction of sp³-hybridized carbons (Fsp3) is 0.500. The highest BCUT2D eigenvalue weighted by Gasteiger charge is 2.18. The van der Waals surface area contributed by atoms with Gasteiger partial charge in [-0.3, -0.25) is 0 Å². The van der Waals surface area contributed by atoms with Gasteiger partial charge in [-0.15, -0.1) is 5.10 Å². The number of hydrogen-bond acceptors (Lipinski definition) is 5. The van der Waals surface area contributed by atoms with Gasteiger partial charge in [0.25, 0.3) is 0 Å². The van der Waals surface area contributed by atoms with Gasteiger partial charge in [0.05, 0.1) is 12.7 Å². The summed E-state index contributed by atoms with van der Waals surface area (Å²) in [6, 6.07) is 5.52. The van der Waals surface area contributed by atoms with Gasteiger partial charge in [-0.25, -0.2) is 4.68 Å². The summed E-state index contributed by atoms with van der Waals surface area (Å²) in [6.45, 7) is 7.31. The third-order valence-corrected chi connectivity index (χ3v) is 3.11. The average Bonchev–Trinajstić information content (AvgIpc) is 2.83. The molecule has 0 saturated heterocycles. The lowest BCUT2D eigenvalue weighted by atomic mass is 9.92. The predicted octanol–water partition coefficient (Wildman–Crippen LogP) is 2.37. The van der Waals surface area contributed by atoms with E-state index in [2.05, 4.69) is 36.3 Å². The first-order valence-corrected chi connectivity index (χ1v) is 6.61. The van der Waals surface area contributed by atoms with E-state index in [0.29, 0.717) is 17.3 Å². The molecule has 2 N–H and O–H groups in total. The number of anilines is 1. The molecule has 0 unspecified atom stereocenters. The van der Waals surface area contributed by atoms with Crippen molar-refractivity contribution in [2.45, 2.75) is 33.7 Å². The number of benzene rings is 1. The number of nitrogens with two attached hydrogens (primary N) is 1. The molecule has 0 aliphatic carbocycles. The van der Waals surface area contributed by atoms with Gasteiger partial charge in [0, 0.05) is 12.2 Å². The van der Waals surface area contributed by atoms with Crippen LogP contribution in [-0.4, -0.2) is 27.3 Å². The van der Waals surface area contributed by atoms with E-state index in [4.69, 9.17) is 10.5 Å². The Morgan fingerprint density at radius 1 is 1.30 bits per heavy atom. The van der Waals surface area contributed by atoms with Gasteiger partial charge in [0.15, 0.2) is 5.82 Å². The molecule has 20 heavy (non-hydrogen) atoms. The molecule has 2 aromatic rings. The predicted molar refractivity (Wildman–Crippen MR) is 78.3 cm³/mol. The Balaban J connectivity index is 2.37. The number of aromatic nitrogens is 4. The number of methoxy groups -OCH3 is 1. The SMILES string of the molecule is COc1cccc(N)c1-c1nnnn1CCC(C)(C)C. The molecular weight excluding hydrogens is 254 g/mol. The van der Waals surface area contributed by atoms with Gasteiger partial charge in [-0.05, 0) is 34.4 Å². The maximum atomic E-state index is 6.05. The van der Waals surface area contributed by atoms with Gasteiger partial charge in [-0.2, -0.15) is 0 Å². The monoisotopic (exact) mass is 275 g/mol. The summed E-state index contributed by atoms with van der Waals surface area (Å²) in [5.41, 5.74) is 7.62. The zero-order chi connectivity index (χ0) is 14.8. The van der Waals surface area contributed by atoms with E-state index in [1.165, 1.54) is 0 Å². The molecule has 108 valence electrons. The molecule has 6 heteroatoms. The van der Waals surface area contributed by atoms with Crippen LogP contribution in [0, 0.1) is 5.41 Å². The average molecular weight is 275 g/mol. The lowest BCUT2D eigenvalue weighted by molar-refractivity contribution is 0.339. The van der Waals surface area contributed by atoms with Crippen molar-refractivity contribution in [1.29, 1.82) is 0 Å². The van der Waals surface area contributed by atoms with Crippen molar-refractivity contribution in [2.75, 3.05) is 12.8 Å². The third-order valence-electron chi connectivity index (χ3n) is 3.11. The van der Waals surface area contributed by atoms with E-state index in [9.17, 15) is 0 Å². The molecule has 0 aliphatic heterocycles. The first kappa shape index (κ1) is 14.3. The van der Waals surface area contributed by atoms with Crippen LogP contribution in [-0.2, 0) is 6.54 Å². The Bertz CT molecular complexity index is 585. The van der Waals surface area contributed by atoms with E-state index in [1.54, 1.807) is 11.8 Å². The smallest absolute Gasteiger partial charge is 0.187 e. The molecule has 0 atom stereocenters. The summed E-state index contributed by atoms with van der Waals surface area (Å²) in [6.07, 6.45) is 0.972. The van der Waals surface area contributed by atoms with Crippen LogP contribution < -0.4 is 10.5 Å². The topological polar surface area (TPSA) is 78.8 Å². The Morgan fingerprint density at radius 3 is 2.70 bits per heavy atom. The molecule has 2 rings (SSSR count). The van der Waals surface area contributed by atoms with Crippen LogP contribution in [0.5, 0.6) is 5.75 Å². The quantitative estimate of drug-likeness (QED) is 0.867. The molecule has 6 nitrogen and oxygen atoms in total. The van der Waals surface area contributed by atoms with Gasteiger partial charge >= 0.3 is 0 Å². The summed E-state index contributed by atoms with van der Waals surface area (Å²) in [5.74, 6) is 1.32. The normalized spacial score (nSPS) is 11.6. The minimum Gasteiger partial charge on any atom is -0.496 e. The van der Waals surface area contributed by atoms with E-state index in [0.717, 1.165) is 18.5 Å². The molecule has 0 bridgehead atoms. The number of hydrogen-bond donors (Lipinski definition) is 1. The molecule has 0 aliphatic rings. The van der Waals surface area contributed by atoms with E-state index < -0.39 is 0 Å². The molecule has 0 amide bonds. The Labute approximate surface area is 118 Å². The lowest BCUT2D eigenvalue weighted by Gasteiger charge is -2.18. The summed E-state index contributed by atoms with van der Waals surface area (Å²) in [5, 5.41) is 11.9.